The molecule has 1 aromatic heterocycles. The van der Waals surface area contributed by atoms with Crippen LogP contribution in [0.4, 0.5) is 0 Å². The van der Waals surface area contributed by atoms with Crippen molar-refractivity contribution in [3.05, 3.63) is 24.0 Å². The second-order valence-corrected chi connectivity index (χ2v) is 3.78. The van der Waals surface area contributed by atoms with Crippen LogP contribution < -0.4 is 0 Å². The van der Waals surface area contributed by atoms with Crippen molar-refractivity contribution in [1.82, 2.24) is 9.47 Å². The number of likely N-dealkylation sites (N-methyl/N-ethyl adjacent to an activating group) is 1. The first-order chi connectivity index (χ1) is 7.15. The molecular weight excluding hydrogens is 192 g/mol. The molecule has 15 heavy (non-hydrogen) atoms. The van der Waals surface area contributed by atoms with Gasteiger partial charge < -0.3 is 4.57 Å². The highest BCUT2D eigenvalue weighted by Crippen LogP contribution is 2.29. The van der Waals surface area contributed by atoms with Crippen molar-refractivity contribution in [3.63, 3.8) is 0 Å². The molecule has 0 aliphatic carbocycles. The van der Waals surface area contributed by atoms with E-state index in [1.165, 1.54) is 4.90 Å². The van der Waals surface area contributed by atoms with Crippen molar-refractivity contribution in [2.75, 3.05) is 6.54 Å². The summed E-state index contributed by atoms with van der Waals surface area (Å²) in [5.41, 5.74) is 0.921. The third-order valence-electron chi connectivity index (χ3n) is 2.90. The molecule has 0 aromatic carbocycles. The maximum absolute atomic E-state index is 11.9. The van der Waals surface area contributed by atoms with Gasteiger partial charge >= 0.3 is 0 Å². The number of nitrogens with zero attached hydrogens (tertiary/aromatic N) is 2. The molecule has 2 heterocycles. The number of carbonyl (C=O) groups is 2. The molecule has 0 N–H and O–H groups in total. The van der Waals surface area contributed by atoms with Crippen molar-refractivity contribution in [1.29, 1.82) is 0 Å². The average molecular weight is 206 g/mol. The van der Waals surface area contributed by atoms with E-state index in [4.69, 9.17) is 0 Å². The largest absolute Gasteiger partial charge is 0.354 e. The van der Waals surface area contributed by atoms with Crippen LogP contribution in [0.5, 0.6) is 0 Å². The zero-order valence-corrected chi connectivity index (χ0v) is 8.93. The Balaban J connectivity index is 2.31. The first-order valence-electron chi connectivity index (χ1n) is 5.10. The maximum Gasteiger partial charge on any atom is 0.238 e. The third-order valence-corrected chi connectivity index (χ3v) is 2.90. The molecule has 0 saturated carbocycles. The number of aromatic nitrogens is 1. The van der Waals surface area contributed by atoms with Crippen LogP contribution in [0.15, 0.2) is 18.3 Å². The minimum Gasteiger partial charge on any atom is -0.354 e. The first-order valence-corrected chi connectivity index (χ1v) is 5.10. The van der Waals surface area contributed by atoms with Gasteiger partial charge in [-0.05, 0) is 19.1 Å². The predicted octanol–water partition coefficient (Wildman–Crippen LogP) is 0.887. The molecule has 2 rings (SSSR count). The Morgan fingerprint density at radius 3 is 2.67 bits per heavy atom. The summed E-state index contributed by atoms with van der Waals surface area (Å²) in [7, 11) is 1.89. The van der Waals surface area contributed by atoms with E-state index < -0.39 is 0 Å². The Labute approximate surface area is 88.5 Å². The van der Waals surface area contributed by atoms with Gasteiger partial charge in [0.25, 0.3) is 0 Å². The molecule has 4 heteroatoms. The minimum atomic E-state index is -0.280. The number of hydrogen-bond donors (Lipinski definition) is 0. The van der Waals surface area contributed by atoms with Gasteiger partial charge in [-0.3, -0.25) is 14.5 Å². The molecule has 1 aliphatic rings. The van der Waals surface area contributed by atoms with Crippen molar-refractivity contribution < 1.29 is 9.59 Å². The molecule has 0 bridgehead atoms. The number of hydrogen-bond acceptors (Lipinski definition) is 2. The molecule has 80 valence electrons. The van der Waals surface area contributed by atoms with E-state index in [1.54, 1.807) is 0 Å². The summed E-state index contributed by atoms with van der Waals surface area (Å²) in [6.07, 6.45) is 2.20. The smallest absolute Gasteiger partial charge is 0.238 e. The second-order valence-electron chi connectivity index (χ2n) is 3.78. The predicted molar refractivity (Wildman–Crippen MR) is 55.2 cm³/mol. The Morgan fingerprint density at radius 1 is 1.47 bits per heavy atom. The van der Waals surface area contributed by atoms with Crippen LogP contribution in [0.1, 0.15) is 25.0 Å². The highest BCUT2D eigenvalue weighted by molar-refractivity contribution is 6.06. The summed E-state index contributed by atoms with van der Waals surface area (Å²) in [6.45, 7) is 2.29. The number of aryl methyl sites for hydroxylation is 1. The number of likely N-dealkylation sites (tertiary alicyclic amines) is 1. The summed E-state index contributed by atoms with van der Waals surface area (Å²) < 4.78 is 1.90. The van der Waals surface area contributed by atoms with Gasteiger partial charge in [0.1, 0.15) is 0 Å². The fraction of sp³-hybridized carbons (Fsp3) is 0.455. The number of amides is 2. The van der Waals surface area contributed by atoms with Crippen molar-refractivity contribution >= 4 is 11.8 Å². The molecule has 1 unspecified atom stereocenters. The lowest BCUT2D eigenvalue weighted by Gasteiger charge is -2.12. The molecule has 4 nitrogen and oxygen atoms in total. The van der Waals surface area contributed by atoms with Crippen LogP contribution >= 0.6 is 0 Å². The minimum absolute atomic E-state index is 0.0614. The topological polar surface area (TPSA) is 42.3 Å². The number of carbonyl (C=O) groups excluding carboxylic acids is 2. The molecule has 1 aliphatic heterocycles. The zero-order chi connectivity index (χ0) is 11.0. The third kappa shape index (κ3) is 1.46. The van der Waals surface area contributed by atoms with Crippen LogP contribution in [0.2, 0.25) is 0 Å². The average Bonchev–Trinajstić information content (AvgIpc) is 2.71. The van der Waals surface area contributed by atoms with E-state index in [9.17, 15) is 9.59 Å². The van der Waals surface area contributed by atoms with Crippen LogP contribution in [0, 0.1) is 0 Å². The molecule has 1 saturated heterocycles. The SMILES string of the molecule is CCN1C(=O)CC(c2cccn2C)C1=O. The van der Waals surface area contributed by atoms with Crippen molar-refractivity contribution in [2.24, 2.45) is 7.05 Å². The normalized spacial score (nSPS) is 21.5. The van der Waals surface area contributed by atoms with Crippen LogP contribution in [0.25, 0.3) is 0 Å². The summed E-state index contributed by atoms with van der Waals surface area (Å²) in [5, 5.41) is 0. The summed E-state index contributed by atoms with van der Waals surface area (Å²) in [6, 6.07) is 3.79. The van der Waals surface area contributed by atoms with Crippen molar-refractivity contribution in [2.45, 2.75) is 19.3 Å². The van der Waals surface area contributed by atoms with Crippen LogP contribution in [-0.4, -0.2) is 27.8 Å². The summed E-state index contributed by atoms with van der Waals surface area (Å²) in [5.74, 6) is -0.407. The molecule has 2 amide bonds. The lowest BCUT2D eigenvalue weighted by Crippen LogP contribution is -2.30. The Hall–Kier alpha value is -1.58. The lowest BCUT2D eigenvalue weighted by atomic mass is 10.0. The Kier molecular flexibility index (Phi) is 2.34. The highest BCUT2D eigenvalue weighted by atomic mass is 16.2. The summed E-state index contributed by atoms with van der Waals surface area (Å²) >= 11 is 0. The lowest BCUT2D eigenvalue weighted by molar-refractivity contribution is -0.138. The van der Waals surface area contributed by atoms with Gasteiger partial charge in [0.05, 0.1) is 5.92 Å². The molecule has 1 aromatic rings. The molecule has 0 radical (unpaired) electrons. The zero-order valence-electron chi connectivity index (χ0n) is 8.93. The fourth-order valence-electron chi connectivity index (χ4n) is 2.08. The van der Waals surface area contributed by atoms with Gasteiger partial charge in [0.15, 0.2) is 0 Å². The van der Waals surface area contributed by atoms with Gasteiger partial charge in [0, 0.05) is 31.9 Å². The molecule has 0 spiro atoms. The quantitative estimate of drug-likeness (QED) is 0.674. The number of imide groups is 1. The van der Waals surface area contributed by atoms with E-state index in [0.717, 1.165) is 5.69 Å². The standard InChI is InChI=1S/C11H14N2O2/c1-3-13-10(14)7-8(11(13)15)9-5-4-6-12(9)2/h4-6,8H,3,7H2,1-2H3. The van der Waals surface area contributed by atoms with E-state index in [-0.39, 0.29) is 17.7 Å². The van der Waals surface area contributed by atoms with Gasteiger partial charge in [-0.15, -0.1) is 0 Å². The second kappa shape index (κ2) is 3.53. The van der Waals surface area contributed by atoms with Gasteiger partial charge in [0.2, 0.25) is 11.8 Å². The van der Waals surface area contributed by atoms with E-state index in [2.05, 4.69) is 0 Å². The van der Waals surface area contributed by atoms with Gasteiger partial charge in [-0.2, -0.15) is 0 Å². The van der Waals surface area contributed by atoms with Crippen LogP contribution in [-0.2, 0) is 16.6 Å². The molecular formula is C11H14N2O2. The van der Waals surface area contributed by atoms with E-state index >= 15 is 0 Å². The van der Waals surface area contributed by atoms with E-state index in [0.29, 0.717) is 13.0 Å². The fourth-order valence-corrected chi connectivity index (χ4v) is 2.08. The van der Waals surface area contributed by atoms with Crippen LogP contribution in [0.3, 0.4) is 0 Å². The molecule has 1 atom stereocenters. The Morgan fingerprint density at radius 2 is 2.20 bits per heavy atom. The van der Waals surface area contributed by atoms with Gasteiger partial charge in [-0.25, -0.2) is 0 Å². The highest BCUT2D eigenvalue weighted by Gasteiger charge is 2.39. The van der Waals surface area contributed by atoms with Gasteiger partial charge in [-0.1, -0.05) is 0 Å². The first kappa shape index (κ1) is 9.96. The van der Waals surface area contributed by atoms with Crippen molar-refractivity contribution in [3.8, 4) is 0 Å². The Bertz CT molecular complexity index is 408. The molecule has 1 fully saturated rings. The monoisotopic (exact) mass is 206 g/mol. The number of rotatable bonds is 2. The maximum atomic E-state index is 11.9. The summed E-state index contributed by atoms with van der Waals surface area (Å²) in [4.78, 5) is 24.7. The van der Waals surface area contributed by atoms with E-state index in [1.807, 2.05) is 36.9 Å².